The van der Waals surface area contributed by atoms with Crippen molar-refractivity contribution in [3.8, 4) is 32.3 Å². The molecule has 1 amide bonds. The molecular formula is C22H20Cl2N6O2S. The Labute approximate surface area is 204 Å². The average Bonchev–Trinajstić information content (AvgIpc) is 3.35. The second kappa shape index (κ2) is 9.01. The smallest absolute Gasteiger partial charge is 0.413 e. The third-order valence-corrected chi connectivity index (χ3v) is 6.24. The van der Waals surface area contributed by atoms with Gasteiger partial charge in [0.25, 0.3) is 0 Å². The van der Waals surface area contributed by atoms with Crippen LogP contribution in [0.4, 0.5) is 16.3 Å². The standard InChI is InChI=1S/C22H20Cl2N6O2S/c1-22(2,3)32-21(31)29-15-8-11(6-7-26-15)18-17(25)16(13-5-4-12(23)9-14(13)24)19(33-18)20-27-10-28-30-20/h4-10H,25H2,1-3H3,(H,26,29,31)(H,27,28,30). The fourth-order valence-electron chi connectivity index (χ4n) is 3.15. The molecule has 0 saturated heterocycles. The molecule has 0 radical (unpaired) electrons. The van der Waals surface area contributed by atoms with Crippen molar-refractivity contribution in [3.05, 3.63) is 52.9 Å². The van der Waals surface area contributed by atoms with Crippen molar-refractivity contribution in [2.24, 2.45) is 0 Å². The lowest BCUT2D eigenvalue weighted by molar-refractivity contribution is 0.0635. The van der Waals surface area contributed by atoms with Gasteiger partial charge >= 0.3 is 6.09 Å². The Morgan fingerprint density at radius 3 is 2.61 bits per heavy atom. The number of hydrogen-bond donors (Lipinski definition) is 3. The van der Waals surface area contributed by atoms with Crippen LogP contribution >= 0.6 is 34.5 Å². The van der Waals surface area contributed by atoms with Crippen LogP contribution in [0, 0.1) is 0 Å². The summed E-state index contributed by atoms with van der Waals surface area (Å²) >= 11 is 14.0. The molecule has 1 aromatic carbocycles. The highest BCUT2D eigenvalue weighted by Crippen LogP contribution is 2.50. The predicted octanol–water partition coefficient (Wildman–Crippen LogP) is 6.50. The Balaban J connectivity index is 1.79. The van der Waals surface area contributed by atoms with E-state index in [2.05, 4.69) is 25.5 Å². The summed E-state index contributed by atoms with van der Waals surface area (Å²) in [6.07, 6.45) is 2.42. The number of thiophene rings is 1. The van der Waals surface area contributed by atoms with Crippen molar-refractivity contribution >= 4 is 52.1 Å². The number of nitrogen functional groups attached to an aromatic ring is 1. The summed E-state index contributed by atoms with van der Waals surface area (Å²) in [5.74, 6) is 0.891. The molecular weight excluding hydrogens is 483 g/mol. The lowest BCUT2D eigenvalue weighted by atomic mass is 10.0. The molecule has 4 N–H and O–H groups in total. The van der Waals surface area contributed by atoms with Crippen LogP contribution < -0.4 is 11.1 Å². The maximum Gasteiger partial charge on any atom is 0.413 e. The molecule has 0 aliphatic heterocycles. The van der Waals surface area contributed by atoms with Gasteiger partial charge in [-0.3, -0.25) is 10.4 Å². The highest BCUT2D eigenvalue weighted by molar-refractivity contribution is 7.20. The van der Waals surface area contributed by atoms with Crippen LogP contribution in [0.15, 0.2) is 42.9 Å². The number of anilines is 2. The number of nitrogens with zero attached hydrogens (tertiary/aromatic N) is 3. The first kappa shape index (κ1) is 23.0. The quantitative estimate of drug-likeness (QED) is 0.293. The van der Waals surface area contributed by atoms with E-state index in [1.165, 1.54) is 17.7 Å². The first-order valence-electron chi connectivity index (χ1n) is 9.82. The Morgan fingerprint density at radius 1 is 1.15 bits per heavy atom. The van der Waals surface area contributed by atoms with Gasteiger partial charge in [-0.05, 0) is 50.6 Å². The molecule has 11 heteroatoms. The van der Waals surface area contributed by atoms with E-state index in [9.17, 15) is 4.79 Å². The normalized spacial score (nSPS) is 11.4. The SMILES string of the molecule is CC(C)(C)OC(=O)Nc1cc(-c2sc(-c3ncn[nH]3)c(-c3ccc(Cl)cc3Cl)c2N)ccn1. The van der Waals surface area contributed by atoms with E-state index in [-0.39, 0.29) is 0 Å². The van der Waals surface area contributed by atoms with Crippen LogP contribution in [0.3, 0.4) is 0 Å². The van der Waals surface area contributed by atoms with E-state index in [0.29, 0.717) is 38.5 Å². The molecule has 0 unspecified atom stereocenters. The maximum absolute atomic E-state index is 12.2. The van der Waals surface area contributed by atoms with Crippen LogP contribution in [0.2, 0.25) is 10.0 Å². The summed E-state index contributed by atoms with van der Waals surface area (Å²) in [6.45, 7) is 5.37. The first-order valence-corrected chi connectivity index (χ1v) is 11.4. The molecule has 170 valence electrons. The molecule has 3 aromatic heterocycles. The number of rotatable bonds is 4. The second-order valence-electron chi connectivity index (χ2n) is 8.06. The highest BCUT2D eigenvalue weighted by atomic mass is 35.5. The molecule has 4 aromatic rings. The minimum absolute atomic E-state index is 0.335. The number of aromatic nitrogens is 4. The van der Waals surface area contributed by atoms with Gasteiger partial charge in [0.05, 0.1) is 20.5 Å². The number of hydrogen-bond acceptors (Lipinski definition) is 7. The fourth-order valence-corrected chi connectivity index (χ4v) is 4.83. The predicted molar refractivity (Wildman–Crippen MR) is 133 cm³/mol. The monoisotopic (exact) mass is 502 g/mol. The molecule has 33 heavy (non-hydrogen) atoms. The Hall–Kier alpha value is -3.14. The van der Waals surface area contributed by atoms with Gasteiger partial charge in [0.15, 0.2) is 5.82 Å². The number of nitrogens with two attached hydrogens (primary N) is 1. The lowest BCUT2D eigenvalue weighted by Crippen LogP contribution is -2.27. The van der Waals surface area contributed by atoms with E-state index in [4.69, 9.17) is 33.7 Å². The zero-order chi connectivity index (χ0) is 23.8. The summed E-state index contributed by atoms with van der Waals surface area (Å²) in [7, 11) is 0. The van der Waals surface area contributed by atoms with Gasteiger partial charge < -0.3 is 10.5 Å². The molecule has 3 heterocycles. The minimum Gasteiger partial charge on any atom is -0.444 e. The maximum atomic E-state index is 12.2. The lowest BCUT2D eigenvalue weighted by Gasteiger charge is -2.19. The molecule has 0 aliphatic rings. The second-order valence-corrected chi connectivity index (χ2v) is 9.93. The molecule has 0 aliphatic carbocycles. The molecule has 0 fully saturated rings. The summed E-state index contributed by atoms with van der Waals surface area (Å²) in [4.78, 5) is 22.2. The molecule has 8 nitrogen and oxygen atoms in total. The highest BCUT2D eigenvalue weighted by Gasteiger charge is 2.24. The molecule has 4 rings (SSSR count). The number of carbonyl (C=O) groups excluding carboxylic acids is 1. The van der Waals surface area contributed by atoms with Gasteiger partial charge in [0.1, 0.15) is 17.7 Å². The van der Waals surface area contributed by atoms with E-state index >= 15 is 0 Å². The number of halogens is 2. The van der Waals surface area contributed by atoms with E-state index in [1.54, 1.807) is 51.2 Å². The molecule has 0 atom stereocenters. The van der Waals surface area contributed by atoms with Gasteiger partial charge in [0.2, 0.25) is 0 Å². The third-order valence-electron chi connectivity index (χ3n) is 4.43. The minimum atomic E-state index is -0.626. The van der Waals surface area contributed by atoms with Crippen molar-refractivity contribution in [3.63, 3.8) is 0 Å². The van der Waals surface area contributed by atoms with Gasteiger partial charge in [-0.1, -0.05) is 29.3 Å². The number of ether oxygens (including phenoxy) is 1. The summed E-state index contributed by atoms with van der Waals surface area (Å²) in [5, 5.41) is 10.5. The van der Waals surface area contributed by atoms with E-state index in [0.717, 1.165) is 15.3 Å². The number of amides is 1. The third kappa shape index (κ3) is 5.11. The summed E-state index contributed by atoms with van der Waals surface area (Å²) < 4.78 is 5.31. The number of aromatic amines is 1. The summed E-state index contributed by atoms with van der Waals surface area (Å²) in [5.41, 5.74) is 8.71. The largest absolute Gasteiger partial charge is 0.444 e. The van der Waals surface area contributed by atoms with Crippen molar-refractivity contribution in [2.45, 2.75) is 26.4 Å². The fraction of sp³-hybridized carbons (Fsp3) is 0.182. The van der Waals surface area contributed by atoms with Crippen LogP contribution in [0.5, 0.6) is 0 Å². The number of H-pyrrole nitrogens is 1. The Bertz CT molecular complexity index is 1320. The number of benzene rings is 1. The average molecular weight is 503 g/mol. The number of carbonyl (C=O) groups is 1. The first-order chi connectivity index (χ1) is 15.6. The molecule has 0 bridgehead atoms. The van der Waals surface area contributed by atoms with Gasteiger partial charge in [-0.25, -0.2) is 14.8 Å². The van der Waals surface area contributed by atoms with E-state index < -0.39 is 11.7 Å². The van der Waals surface area contributed by atoms with Crippen LogP contribution in [0.25, 0.3) is 32.3 Å². The van der Waals surface area contributed by atoms with E-state index in [1.807, 2.05) is 6.07 Å². The van der Waals surface area contributed by atoms with Gasteiger partial charge in [-0.15, -0.1) is 11.3 Å². The number of nitrogens with one attached hydrogen (secondary N) is 2. The Morgan fingerprint density at radius 2 is 1.94 bits per heavy atom. The van der Waals surface area contributed by atoms with Crippen molar-refractivity contribution in [2.75, 3.05) is 11.1 Å². The molecule has 0 spiro atoms. The Kier molecular flexibility index (Phi) is 6.29. The van der Waals surface area contributed by atoms with Crippen molar-refractivity contribution < 1.29 is 9.53 Å². The van der Waals surface area contributed by atoms with Crippen LogP contribution in [-0.4, -0.2) is 31.9 Å². The van der Waals surface area contributed by atoms with Crippen LogP contribution in [-0.2, 0) is 4.74 Å². The van der Waals surface area contributed by atoms with Crippen molar-refractivity contribution in [1.29, 1.82) is 0 Å². The topological polar surface area (TPSA) is 119 Å². The zero-order valence-electron chi connectivity index (χ0n) is 17.9. The van der Waals surface area contributed by atoms with Crippen molar-refractivity contribution in [1.82, 2.24) is 20.2 Å². The summed E-state index contributed by atoms with van der Waals surface area (Å²) in [6, 6.07) is 8.76. The van der Waals surface area contributed by atoms with Gasteiger partial charge in [0, 0.05) is 22.3 Å². The van der Waals surface area contributed by atoms with Crippen LogP contribution in [0.1, 0.15) is 20.8 Å². The van der Waals surface area contributed by atoms with Gasteiger partial charge in [-0.2, -0.15) is 5.10 Å². The number of pyridine rings is 1. The molecule has 0 saturated carbocycles. The zero-order valence-corrected chi connectivity index (χ0v) is 20.3.